The monoisotopic (exact) mass is 261 g/mol. The smallest absolute Gasteiger partial charge is 0.0648 e. The van der Waals surface area contributed by atoms with E-state index in [9.17, 15) is 0 Å². The predicted molar refractivity (Wildman–Crippen MR) is 75.0 cm³/mol. The fourth-order valence-electron chi connectivity index (χ4n) is 1.75. The van der Waals surface area contributed by atoms with E-state index in [0.29, 0.717) is 5.88 Å². The molecular formula is C14H16ClN3. The van der Waals surface area contributed by atoms with E-state index < -0.39 is 0 Å². The summed E-state index contributed by atoms with van der Waals surface area (Å²) in [5.41, 5.74) is 3.35. The maximum atomic E-state index is 5.79. The van der Waals surface area contributed by atoms with Crippen molar-refractivity contribution in [1.82, 2.24) is 9.97 Å². The van der Waals surface area contributed by atoms with Gasteiger partial charge in [-0.25, -0.2) is 0 Å². The molecule has 2 aromatic rings. The molecule has 0 unspecified atom stereocenters. The zero-order chi connectivity index (χ0) is 12.8. The fraction of sp³-hybridized carbons (Fsp3) is 0.286. The molecule has 0 saturated carbocycles. The van der Waals surface area contributed by atoms with Crippen molar-refractivity contribution in [2.75, 3.05) is 18.5 Å². The summed E-state index contributed by atoms with van der Waals surface area (Å²) in [4.78, 5) is 10.4. The average Bonchev–Trinajstić information content (AvgIpc) is 2.46. The standard InChI is InChI=1S/C14H16ClN3/c1-18(9-5-12-2-6-16-7-3-12)14-4-8-17-13(10-14)11-15/h2-4,6-8,10H,5,9,11H2,1H3. The van der Waals surface area contributed by atoms with Crippen LogP contribution >= 0.6 is 11.6 Å². The van der Waals surface area contributed by atoms with E-state index in [1.165, 1.54) is 5.56 Å². The molecule has 0 radical (unpaired) electrons. The molecule has 2 aromatic heterocycles. The van der Waals surface area contributed by atoms with Crippen molar-refractivity contribution in [2.24, 2.45) is 0 Å². The third-order valence-corrected chi connectivity index (χ3v) is 3.14. The number of halogens is 1. The van der Waals surface area contributed by atoms with E-state index >= 15 is 0 Å². The van der Waals surface area contributed by atoms with Crippen molar-refractivity contribution in [1.29, 1.82) is 0 Å². The van der Waals surface area contributed by atoms with Crippen LogP contribution < -0.4 is 4.90 Å². The molecule has 0 amide bonds. The van der Waals surface area contributed by atoms with Gasteiger partial charge >= 0.3 is 0 Å². The summed E-state index contributed by atoms with van der Waals surface area (Å²) >= 11 is 5.79. The molecule has 0 fully saturated rings. The van der Waals surface area contributed by atoms with E-state index in [0.717, 1.165) is 24.3 Å². The first-order valence-corrected chi connectivity index (χ1v) is 6.44. The number of hydrogen-bond acceptors (Lipinski definition) is 3. The number of hydrogen-bond donors (Lipinski definition) is 0. The molecular weight excluding hydrogens is 246 g/mol. The van der Waals surface area contributed by atoms with E-state index in [1.54, 1.807) is 6.20 Å². The molecule has 0 atom stereocenters. The minimum absolute atomic E-state index is 0.450. The molecule has 4 heteroatoms. The van der Waals surface area contributed by atoms with Gasteiger partial charge in [-0.2, -0.15) is 0 Å². The van der Waals surface area contributed by atoms with E-state index in [-0.39, 0.29) is 0 Å². The molecule has 3 nitrogen and oxygen atoms in total. The Morgan fingerprint density at radius 3 is 2.67 bits per heavy atom. The molecule has 0 saturated heterocycles. The Morgan fingerprint density at radius 2 is 1.94 bits per heavy atom. The van der Waals surface area contributed by atoms with Crippen LogP contribution in [0.25, 0.3) is 0 Å². The van der Waals surface area contributed by atoms with Crippen molar-refractivity contribution >= 4 is 17.3 Å². The van der Waals surface area contributed by atoms with Crippen LogP contribution in [0, 0.1) is 0 Å². The van der Waals surface area contributed by atoms with Crippen molar-refractivity contribution < 1.29 is 0 Å². The van der Waals surface area contributed by atoms with Crippen LogP contribution in [0.5, 0.6) is 0 Å². The summed E-state index contributed by atoms with van der Waals surface area (Å²) < 4.78 is 0. The van der Waals surface area contributed by atoms with Crippen molar-refractivity contribution in [3.05, 3.63) is 54.1 Å². The Labute approximate surface area is 112 Å². The summed E-state index contributed by atoms with van der Waals surface area (Å²) in [5.74, 6) is 0.450. The molecule has 0 aliphatic carbocycles. The first-order chi connectivity index (χ1) is 8.79. The SMILES string of the molecule is CN(CCc1ccncc1)c1ccnc(CCl)c1. The number of rotatable bonds is 5. The quantitative estimate of drug-likeness (QED) is 0.775. The lowest BCUT2D eigenvalue weighted by Crippen LogP contribution is -2.20. The lowest BCUT2D eigenvalue weighted by atomic mass is 10.2. The van der Waals surface area contributed by atoms with Crippen LogP contribution in [0.15, 0.2) is 42.9 Å². The molecule has 0 bridgehead atoms. The molecule has 0 aliphatic rings. The number of pyridine rings is 2. The third kappa shape index (κ3) is 3.44. The molecule has 2 heterocycles. The third-order valence-electron chi connectivity index (χ3n) is 2.86. The van der Waals surface area contributed by atoms with Crippen LogP contribution in [0.3, 0.4) is 0 Å². The number of anilines is 1. The largest absolute Gasteiger partial charge is 0.374 e. The lowest BCUT2D eigenvalue weighted by molar-refractivity contribution is 0.872. The molecule has 18 heavy (non-hydrogen) atoms. The zero-order valence-corrected chi connectivity index (χ0v) is 11.1. The van der Waals surface area contributed by atoms with Crippen LogP contribution in [0.4, 0.5) is 5.69 Å². The summed E-state index contributed by atoms with van der Waals surface area (Å²) in [6, 6.07) is 8.12. The van der Waals surface area contributed by atoms with E-state index in [4.69, 9.17) is 11.6 Å². The second kappa shape index (κ2) is 6.36. The topological polar surface area (TPSA) is 29.0 Å². The van der Waals surface area contributed by atoms with E-state index in [1.807, 2.05) is 36.7 Å². The molecule has 0 aromatic carbocycles. The van der Waals surface area contributed by atoms with Crippen LogP contribution in [-0.4, -0.2) is 23.6 Å². The van der Waals surface area contributed by atoms with Crippen LogP contribution in [0.2, 0.25) is 0 Å². The second-order valence-corrected chi connectivity index (χ2v) is 4.43. The first-order valence-electron chi connectivity index (χ1n) is 5.90. The Morgan fingerprint density at radius 1 is 1.17 bits per heavy atom. The maximum absolute atomic E-state index is 5.79. The average molecular weight is 262 g/mol. The summed E-state index contributed by atoms with van der Waals surface area (Å²) in [6.45, 7) is 0.954. The molecule has 94 valence electrons. The van der Waals surface area contributed by atoms with Gasteiger partial charge in [-0.15, -0.1) is 11.6 Å². The first kappa shape index (κ1) is 12.8. The summed E-state index contributed by atoms with van der Waals surface area (Å²) in [5, 5.41) is 0. The van der Waals surface area contributed by atoms with E-state index in [2.05, 4.69) is 21.9 Å². The van der Waals surface area contributed by atoms with Gasteiger partial charge in [0.15, 0.2) is 0 Å². The van der Waals surface area contributed by atoms with Crippen LogP contribution in [0.1, 0.15) is 11.3 Å². The zero-order valence-electron chi connectivity index (χ0n) is 10.4. The number of aromatic nitrogens is 2. The Hall–Kier alpha value is -1.61. The highest BCUT2D eigenvalue weighted by Crippen LogP contribution is 2.14. The number of alkyl halides is 1. The molecule has 0 N–H and O–H groups in total. The Kier molecular flexibility index (Phi) is 4.53. The second-order valence-electron chi connectivity index (χ2n) is 4.17. The minimum Gasteiger partial charge on any atom is -0.374 e. The van der Waals surface area contributed by atoms with Gasteiger partial charge in [0, 0.05) is 37.9 Å². The van der Waals surface area contributed by atoms with Crippen molar-refractivity contribution in [2.45, 2.75) is 12.3 Å². The number of nitrogens with zero attached hydrogens (tertiary/aromatic N) is 3. The summed E-state index contributed by atoms with van der Waals surface area (Å²) in [7, 11) is 2.08. The maximum Gasteiger partial charge on any atom is 0.0648 e. The highest BCUT2D eigenvalue weighted by Gasteiger charge is 2.03. The van der Waals surface area contributed by atoms with Gasteiger partial charge in [-0.05, 0) is 36.2 Å². The highest BCUT2D eigenvalue weighted by molar-refractivity contribution is 6.16. The van der Waals surface area contributed by atoms with Gasteiger partial charge in [-0.1, -0.05) is 0 Å². The van der Waals surface area contributed by atoms with Gasteiger partial charge in [0.1, 0.15) is 0 Å². The van der Waals surface area contributed by atoms with Crippen LogP contribution in [-0.2, 0) is 12.3 Å². The minimum atomic E-state index is 0.450. The molecule has 0 spiro atoms. The van der Waals surface area contributed by atoms with Gasteiger partial charge in [0.05, 0.1) is 11.6 Å². The summed E-state index contributed by atoms with van der Waals surface area (Å²) in [6.07, 6.45) is 6.45. The Bertz CT molecular complexity index is 487. The van der Waals surface area contributed by atoms with Gasteiger partial charge in [0.25, 0.3) is 0 Å². The number of likely N-dealkylation sites (N-methyl/N-ethyl adjacent to an activating group) is 1. The van der Waals surface area contributed by atoms with Crippen molar-refractivity contribution in [3.8, 4) is 0 Å². The molecule has 0 aliphatic heterocycles. The van der Waals surface area contributed by atoms with Gasteiger partial charge in [0.2, 0.25) is 0 Å². The van der Waals surface area contributed by atoms with Gasteiger partial charge < -0.3 is 4.90 Å². The highest BCUT2D eigenvalue weighted by atomic mass is 35.5. The normalized spacial score (nSPS) is 10.3. The lowest BCUT2D eigenvalue weighted by Gasteiger charge is -2.19. The molecule has 2 rings (SSSR count). The predicted octanol–water partition coefficient (Wildman–Crippen LogP) is 2.89. The van der Waals surface area contributed by atoms with Crippen molar-refractivity contribution in [3.63, 3.8) is 0 Å². The fourth-order valence-corrected chi connectivity index (χ4v) is 1.90. The van der Waals surface area contributed by atoms with Gasteiger partial charge in [-0.3, -0.25) is 9.97 Å². The Balaban J connectivity index is 1.97.